The third-order valence-electron chi connectivity index (χ3n) is 7.63. The molecule has 6 nitrogen and oxygen atoms in total. The molecule has 5 rings (SSSR count). The zero-order chi connectivity index (χ0) is 21.4. The highest BCUT2D eigenvalue weighted by atomic mass is 16.5. The third kappa shape index (κ3) is 3.79. The van der Waals surface area contributed by atoms with Gasteiger partial charge in [-0.2, -0.15) is 0 Å². The second kappa shape index (κ2) is 8.73. The van der Waals surface area contributed by atoms with Crippen molar-refractivity contribution in [2.24, 2.45) is 0 Å². The largest absolute Gasteiger partial charge is 0.461 e. The van der Waals surface area contributed by atoms with Crippen LogP contribution in [0.4, 0.5) is 0 Å². The number of esters is 1. The maximum atomic E-state index is 13.5. The van der Waals surface area contributed by atoms with Gasteiger partial charge in [-0.25, -0.2) is 9.78 Å². The first kappa shape index (κ1) is 20.7. The first-order valence-corrected chi connectivity index (χ1v) is 12.1. The van der Waals surface area contributed by atoms with Gasteiger partial charge in [0, 0.05) is 24.2 Å². The van der Waals surface area contributed by atoms with Gasteiger partial charge < -0.3 is 9.30 Å². The summed E-state index contributed by atoms with van der Waals surface area (Å²) in [6, 6.07) is 9.57. The molecule has 31 heavy (non-hydrogen) atoms. The first-order valence-electron chi connectivity index (χ1n) is 12.1. The Morgan fingerprint density at radius 3 is 2.35 bits per heavy atom. The monoisotopic (exact) mass is 423 g/mol. The average Bonchev–Trinajstić information content (AvgIpc) is 2.78. The Kier molecular flexibility index (Phi) is 5.83. The van der Waals surface area contributed by atoms with Crippen molar-refractivity contribution >= 4 is 17.0 Å². The molecule has 0 radical (unpaired) electrons. The maximum absolute atomic E-state index is 13.5. The van der Waals surface area contributed by atoms with E-state index >= 15 is 0 Å². The predicted octanol–water partition coefficient (Wildman–Crippen LogP) is 4.46. The Labute approximate surface area is 183 Å². The van der Waals surface area contributed by atoms with Crippen LogP contribution < -0.4 is 5.56 Å². The van der Waals surface area contributed by atoms with Gasteiger partial charge in [-0.1, -0.05) is 37.8 Å². The van der Waals surface area contributed by atoms with E-state index in [0.717, 1.165) is 18.4 Å². The minimum Gasteiger partial charge on any atom is -0.461 e. The van der Waals surface area contributed by atoms with Gasteiger partial charge in [0.05, 0.1) is 17.6 Å². The maximum Gasteiger partial charge on any atom is 0.362 e. The molecule has 0 N–H and O–H groups in total. The number of nitrogens with zero attached hydrogens (tertiary/aromatic N) is 3. The minimum atomic E-state index is -0.619. The molecule has 3 fully saturated rings. The molecule has 166 valence electrons. The Morgan fingerprint density at radius 1 is 0.968 bits per heavy atom. The van der Waals surface area contributed by atoms with Crippen LogP contribution >= 0.6 is 0 Å². The number of piperidine rings is 2. The van der Waals surface area contributed by atoms with Crippen molar-refractivity contribution in [3.05, 3.63) is 40.3 Å². The Bertz CT molecular complexity index is 997. The summed E-state index contributed by atoms with van der Waals surface area (Å²) in [5, 5.41) is 0. The van der Waals surface area contributed by atoms with Crippen molar-refractivity contribution in [2.45, 2.75) is 95.3 Å². The number of ether oxygens (including phenoxy) is 1. The van der Waals surface area contributed by atoms with E-state index in [1.165, 1.54) is 51.4 Å². The Morgan fingerprint density at radius 2 is 1.65 bits per heavy atom. The lowest BCUT2D eigenvalue weighted by molar-refractivity contribution is -0.0278. The molecule has 2 saturated heterocycles. The fourth-order valence-corrected chi connectivity index (χ4v) is 6.42. The molecule has 0 amide bonds. The molecule has 2 aromatic rings. The van der Waals surface area contributed by atoms with E-state index in [2.05, 4.69) is 9.88 Å². The highest BCUT2D eigenvalue weighted by Gasteiger charge is 2.43. The highest BCUT2D eigenvalue weighted by molar-refractivity contribution is 5.89. The van der Waals surface area contributed by atoms with E-state index < -0.39 is 5.97 Å². The molecule has 6 heteroatoms. The topological polar surface area (TPSA) is 64.4 Å². The van der Waals surface area contributed by atoms with Crippen molar-refractivity contribution < 1.29 is 9.53 Å². The van der Waals surface area contributed by atoms with E-state index in [4.69, 9.17) is 4.74 Å². The van der Waals surface area contributed by atoms with Crippen molar-refractivity contribution in [2.75, 3.05) is 6.61 Å². The fraction of sp³-hybridized carbons (Fsp3) is 0.640. The number of carbonyl (C=O) groups excluding carboxylic acids is 1. The van der Waals surface area contributed by atoms with Crippen LogP contribution in [0.1, 0.15) is 87.7 Å². The second-order valence-corrected chi connectivity index (χ2v) is 9.45. The number of fused-ring (bicyclic) bond motifs is 3. The molecule has 1 aromatic heterocycles. The zero-order valence-electron chi connectivity index (χ0n) is 18.5. The number of aromatic nitrogens is 2. The lowest BCUT2D eigenvalue weighted by Crippen LogP contribution is -2.57. The number of hydrogen-bond acceptors (Lipinski definition) is 5. The van der Waals surface area contributed by atoms with E-state index in [1.54, 1.807) is 6.92 Å². The summed E-state index contributed by atoms with van der Waals surface area (Å²) in [4.78, 5) is 33.2. The van der Waals surface area contributed by atoms with Gasteiger partial charge in [0.2, 0.25) is 5.69 Å². The summed E-state index contributed by atoms with van der Waals surface area (Å²) in [6.07, 6.45) is 12.4. The van der Waals surface area contributed by atoms with E-state index in [0.29, 0.717) is 23.6 Å². The van der Waals surface area contributed by atoms with Gasteiger partial charge in [0.15, 0.2) is 0 Å². The molecule has 1 unspecified atom stereocenters. The number of carbonyl (C=O) groups is 1. The molecule has 1 aromatic carbocycles. The van der Waals surface area contributed by atoms with Crippen molar-refractivity contribution in [1.29, 1.82) is 0 Å². The number of para-hydroxylation sites is 2. The quantitative estimate of drug-likeness (QED) is 0.679. The van der Waals surface area contributed by atoms with Crippen LogP contribution in [0.25, 0.3) is 11.0 Å². The average molecular weight is 424 g/mol. The number of hydrogen-bond donors (Lipinski definition) is 0. The molecular formula is C25H33N3O3. The second-order valence-electron chi connectivity index (χ2n) is 9.45. The smallest absolute Gasteiger partial charge is 0.362 e. The van der Waals surface area contributed by atoms with E-state index in [-0.39, 0.29) is 23.9 Å². The summed E-state index contributed by atoms with van der Waals surface area (Å²) in [5.41, 5.74) is 1.13. The molecule has 1 aliphatic carbocycles. The van der Waals surface area contributed by atoms with Gasteiger partial charge in [-0.15, -0.1) is 0 Å². The highest BCUT2D eigenvalue weighted by Crippen LogP contribution is 2.43. The van der Waals surface area contributed by atoms with E-state index in [9.17, 15) is 9.59 Å². The summed E-state index contributed by atoms with van der Waals surface area (Å²) in [5.74, 6) is -0.619. The lowest BCUT2D eigenvalue weighted by Gasteiger charge is -2.53. The molecule has 3 heterocycles. The van der Waals surface area contributed by atoms with Crippen LogP contribution in [0.3, 0.4) is 0 Å². The number of benzene rings is 1. The first-order chi connectivity index (χ1) is 15.2. The molecule has 1 saturated carbocycles. The van der Waals surface area contributed by atoms with Gasteiger partial charge in [0.1, 0.15) is 0 Å². The van der Waals surface area contributed by atoms with Gasteiger partial charge in [0.25, 0.3) is 5.56 Å². The van der Waals surface area contributed by atoms with Crippen LogP contribution in [-0.4, -0.2) is 45.2 Å². The van der Waals surface area contributed by atoms with Crippen LogP contribution in [0.5, 0.6) is 0 Å². The van der Waals surface area contributed by atoms with Gasteiger partial charge in [-0.05, 0) is 57.6 Å². The molecule has 2 bridgehead atoms. The molecule has 3 aliphatic rings. The third-order valence-corrected chi connectivity index (χ3v) is 7.63. The summed E-state index contributed by atoms with van der Waals surface area (Å²) >= 11 is 0. The molecule has 3 atom stereocenters. The summed E-state index contributed by atoms with van der Waals surface area (Å²) in [6.45, 7) is 1.98. The van der Waals surface area contributed by atoms with Crippen LogP contribution in [0.15, 0.2) is 29.1 Å². The molecule has 0 spiro atoms. The zero-order valence-corrected chi connectivity index (χ0v) is 18.5. The van der Waals surface area contributed by atoms with Gasteiger partial charge in [-0.3, -0.25) is 9.69 Å². The lowest BCUT2D eigenvalue weighted by atomic mass is 9.78. The van der Waals surface area contributed by atoms with Crippen molar-refractivity contribution in [3.63, 3.8) is 0 Å². The summed E-state index contributed by atoms with van der Waals surface area (Å²) < 4.78 is 7.02. The van der Waals surface area contributed by atoms with E-state index in [1.807, 2.05) is 28.8 Å². The summed E-state index contributed by atoms with van der Waals surface area (Å²) in [7, 11) is 0. The Balaban J connectivity index is 1.53. The normalized spacial score (nSPS) is 27.3. The predicted molar refractivity (Wildman–Crippen MR) is 120 cm³/mol. The molecular weight excluding hydrogens is 390 g/mol. The van der Waals surface area contributed by atoms with Gasteiger partial charge >= 0.3 is 5.97 Å². The van der Waals surface area contributed by atoms with Crippen LogP contribution in [-0.2, 0) is 4.74 Å². The van der Waals surface area contributed by atoms with Crippen LogP contribution in [0, 0.1) is 0 Å². The fourth-order valence-electron chi connectivity index (χ4n) is 6.42. The van der Waals surface area contributed by atoms with Crippen molar-refractivity contribution in [3.8, 4) is 0 Å². The molecule has 2 aliphatic heterocycles. The minimum absolute atomic E-state index is 0.0829. The SMILES string of the molecule is CCOC(=O)c1nc2ccccc2n(C2C[C@H]3CCC[C@@H](C2)N3C2CCCCC2)c1=O. The van der Waals surface area contributed by atoms with Crippen LogP contribution in [0.2, 0.25) is 0 Å². The standard InChI is InChI=1S/C25H33N3O3/c1-2-31-25(30)23-24(29)28(22-14-7-6-13-21(22)26-23)20-15-18-11-8-12-19(16-20)27(18)17-9-4-3-5-10-17/h6-7,13-14,17-20H,2-5,8-12,15-16H2,1H3/t18-,19+,20?. The number of rotatable bonds is 4. The Hall–Kier alpha value is -2.21. The van der Waals surface area contributed by atoms with Crippen molar-refractivity contribution in [1.82, 2.24) is 14.5 Å².